The summed E-state index contributed by atoms with van der Waals surface area (Å²) in [6, 6.07) is 8.19. The molecule has 28 heavy (non-hydrogen) atoms. The van der Waals surface area contributed by atoms with Crippen LogP contribution in [0.2, 0.25) is 0 Å². The number of hydrogen-bond donors (Lipinski definition) is 1. The number of nitrogens with zero attached hydrogens (tertiary/aromatic N) is 2. The fraction of sp³-hybridized carbons (Fsp3) is 0.708. The van der Waals surface area contributed by atoms with Gasteiger partial charge in [-0.3, -0.25) is 9.69 Å². The van der Waals surface area contributed by atoms with Crippen molar-refractivity contribution in [3.8, 4) is 0 Å². The quantitative estimate of drug-likeness (QED) is 0.720. The Hall–Kier alpha value is -1.39. The van der Waals surface area contributed by atoms with E-state index in [1.807, 2.05) is 12.1 Å². The Morgan fingerprint density at radius 1 is 1.00 bits per heavy atom. The number of amides is 1. The summed E-state index contributed by atoms with van der Waals surface area (Å²) >= 11 is 0. The molecule has 1 aromatic carbocycles. The molecule has 2 saturated heterocycles. The molecule has 1 aromatic rings. The normalized spacial score (nSPS) is 26.9. The fourth-order valence-electron chi connectivity index (χ4n) is 5.03. The molecule has 3 rings (SSSR count). The van der Waals surface area contributed by atoms with Crippen molar-refractivity contribution < 1.29 is 4.79 Å². The van der Waals surface area contributed by atoms with Gasteiger partial charge in [-0.05, 0) is 74.2 Å². The molecule has 0 unspecified atom stereocenters. The van der Waals surface area contributed by atoms with E-state index in [2.05, 4.69) is 48.0 Å². The topological polar surface area (TPSA) is 35.6 Å². The van der Waals surface area contributed by atoms with Gasteiger partial charge in [0.2, 0.25) is 0 Å². The standard InChI is InChI=1S/C24H39N3O/c1-19-6-4-12-27(15-19)18-22-7-9-23(10-8-22)24(28)25-11-5-13-26-16-20(2)14-21(3)17-26/h7-10,19-21H,4-6,11-18H2,1-3H3,(H,25,28)/t19-,20-,21-/m1/s1. The third-order valence-electron chi connectivity index (χ3n) is 6.24. The SMILES string of the molecule is C[C@@H]1CCCN(Cc2ccc(C(=O)NCCCN3C[C@H](C)C[C@@H](C)C3)cc2)C1. The van der Waals surface area contributed by atoms with Crippen LogP contribution in [0.1, 0.15) is 62.4 Å². The summed E-state index contributed by atoms with van der Waals surface area (Å²) in [6.07, 6.45) is 5.03. The van der Waals surface area contributed by atoms with Gasteiger partial charge >= 0.3 is 0 Å². The van der Waals surface area contributed by atoms with Crippen molar-refractivity contribution in [1.29, 1.82) is 0 Å². The van der Waals surface area contributed by atoms with E-state index in [0.717, 1.165) is 49.4 Å². The lowest BCUT2D eigenvalue weighted by Gasteiger charge is -2.34. The van der Waals surface area contributed by atoms with Crippen LogP contribution in [-0.4, -0.2) is 55.0 Å². The number of carbonyl (C=O) groups excluding carboxylic acids is 1. The molecule has 4 heteroatoms. The van der Waals surface area contributed by atoms with Gasteiger partial charge in [-0.15, -0.1) is 0 Å². The van der Waals surface area contributed by atoms with Crippen LogP contribution in [0.15, 0.2) is 24.3 Å². The maximum Gasteiger partial charge on any atom is 0.251 e. The van der Waals surface area contributed by atoms with E-state index in [-0.39, 0.29) is 5.91 Å². The second-order valence-corrected chi connectivity index (χ2v) is 9.49. The van der Waals surface area contributed by atoms with E-state index < -0.39 is 0 Å². The van der Waals surface area contributed by atoms with Crippen molar-refractivity contribution in [2.75, 3.05) is 39.3 Å². The molecule has 3 atom stereocenters. The average Bonchev–Trinajstić information content (AvgIpc) is 2.65. The molecule has 2 aliphatic rings. The van der Waals surface area contributed by atoms with Crippen molar-refractivity contribution in [2.45, 2.75) is 53.0 Å². The molecule has 156 valence electrons. The molecule has 2 heterocycles. The Morgan fingerprint density at radius 3 is 2.36 bits per heavy atom. The number of piperidine rings is 2. The van der Waals surface area contributed by atoms with Crippen molar-refractivity contribution in [2.24, 2.45) is 17.8 Å². The molecule has 0 spiro atoms. The third kappa shape index (κ3) is 6.59. The first-order chi connectivity index (χ1) is 13.5. The molecule has 0 aromatic heterocycles. The summed E-state index contributed by atoms with van der Waals surface area (Å²) in [5.41, 5.74) is 2.08. The first kappa shape index (κ1) is 21.3. The predicted octanol–water partition coefficient (Wildman–Crippen LogP) is 4.02. The number of hydrogen-bond acceptors (Lipinski definition) is 3. The molecule has 2 aliphatic heterocycles. The summed E-state index contributed by atoms with van der Waals surface area (Å²) in [5.74, 6) is 2.45. The minimum Gasteiger partial charge on any atom is -0.352 e. The van der Waals surface area contributed by atoms with E-state index in [0.29, 0.717) is 0 Å². The molecule has 0 saturated carbocycles. The fourth-order valence-corrected chi connectivity index (χ4v) is 5.03. The Bertz CT molecular complexity index is 605. The molecular weight excluding hydrogens is 346 g/mol. The zero-order valence-electron chi connectivity index (χ0n) is 18.1. The predicted molar refractivity (Wildman–Crippen MR) is 116 cm³/mol. The zero-order valence-corrected chi connectivity index (χ0v) is 18.1. The molecule has 2 fully saturated rings. The summed E-state index contributed by atoms with van der Waals surface area (Å²) in [7, 11) is 0. The average molecular weight is 386 g/mol. The van der Waals surface area contributed by atoms with Crippen LogP contribution in [-0.2, 0) is 6.54 Å². The number of likely N-dealkylation sites (tertiary alicyclic amines) is 2. The van der Waals surface area contributed by atoms with Gasteiger partial charge in [0.25, 0.3) is 5.91 Å². The molecule has 4 nitrogen and oxygen atoms in total. The minimum absolute atomic E-state index is 0.0542. The molecule has 0 radical (unpaired) electrons. The lowest BCUT2D eigenvalue weighted by Crippen LogP contribution is -2.40. The van der Waals surface area contributed by atoms with Crippen LogP contribution >= 0.6 is 0 Å². The van der Waals surface area contributed by atoms with E-state index in [1.54, 1.807) is 0 Å². The maximum atomic E-state index is 12.4. The van der Waals surface area contributed by atoms with Crippen molar-refractivity contribution in [3.05, 3.63) is 35.4 Å². The van der Waals surface area contributed by atoms with Gasteiger partial charge in [-0.2, -0.15) is 0 Å². The highest BCUT2D eigenvalue weighted by atomic mass is 16.1. The highest BCUT2D eigenvalue weighted by Gasteiger charge is 2.21. The van der Waals surface area contributed by atoms with E-state index in [1.165, 1.54) is 51.0 Å². The van der Waals surface area contributed by atoms with Crippen LogP contribution in [0.4, 0.5) is 0 Å². The van der Waals surface area contributed by atoms with Gasteiger partial charge in [0.05, 0.1) is 0 Å². The summed E-state index contributed by atoms with van der Waals surface area (Å²) in [6.45, 7) is 14.7. The van der Waals surface area contributed by atoms with Crippen LogP contribution in [0.25, 0.3) is 0 Å². The molecule has 1 amide bonds. The van der Waals surface area contributed by atoms with Crippen molar-refractivity contribution in [3.63, 3.8) is 0 Å². The largest absolute Gasteiger partial charge is 0.352 e. The highest BCUT2D eigenvalue weighted by molar-refractivity contribution is 5.94. The van der Waals surface area contributed by atoms with Crippen LogP contribution in [0.3, 0.4) is 0 Å². The van der Waals surface area contributed by atoms with Crippen molar-refractivity contribution >= 4 is 5.91 Å². The van der Waals surface area contributed by atoms with E-state index in [4.69, 9.17) is 0 Å². The molecular formula is C24H39N3O. The number of benzene rings is 1. The maximum absolute atomic E-state index is 12.4. The second-order valence-electron chi connectivity index (χ2n) is 9.49. The molecule has 0 bridgehead atoms. The lowest BCUT2D eigenvalue weighted by atomic mass is 9.92. The molecule has 0 aliphatic carbocycles. The first-order valence-electron chi connectivity index (χ1n) is 11.3. The van der Waals surface area contributed by atoms with Gasteiger partial charge in [-0.1, -0.05) is 32.9 Å². The van der Waals surface area contributed by atoms with Crippen LogP contribution in [0.5, 0.6) is 0 Å². The second kappa shape index (κ2) is 10.4. The van der Waals surface area contributed by atoms with E-state index in [9.17, 15) is 4.79 Å². The number of nitrogens with one attached hydrogen (secondary N) is 1. The van der Waals surface area contributed by atoms with Gasteiger partial charge in [0.1, 0.15) is 0 Å². The first-order valence-corrected chi connectivity index (χ1v) is 11.3. The van der Waals surface area contributed by atoms with E-state index >= 15 is 0 Å². The molecule has 1 N–H and O–H groups in total. The smallest absolute Gasteiger partial charge is 0.251 e. The summed E-state index contributed by atoms with van der Waals surface area (Å²) in [5, 5.41) is 3.09. The Labute approximate surface area is 171 Å². The van der Waals surface area contributed by atoms with Crippen LogP contribution < -0.4 is 5.32 Å². The third-order valence-corrected chi connectivity index (χ3v) is 6.24. The monoisotopic (exact) mass is 385 g/mol. The Kier molecular flexibility index (Phi) is 7.92. The summed E-state index contributed by atoms with van der Waals surface area (Å²) < 4.78 is 0. The van der Waals surface area contributed by atoms with Gasteiger partial charge in [0.15, 0.2) is 0 Å². The Morgan fingerprint density at radius 2 is 1.68 bits per heavy atom. The van der Waals surface area contributed by atoms with Crippen molar-refractivity contribution in [1.82, 2.24) is 15.1 Å². The highest BCUT2D eigenvalue weighted by Crippen LogP contribution is 2.21. The van der Waals surface area contributed by atoms with Gasteiger partial charge < -0.3 is 10.2 Å². The Balaban J connectivity index is 1.37. The lowest BCUT2D eigenvalue weighted by molar-refractivity contribution is 0.0947. The van der Waals surface area contributed by atoms with Gasteiger partial charge in [0, 0.05) is 38.3 Å². The summed E-state index contributed by atoms with van der Waals surface area (Å²) in [4.78, 5) is 17.5. The van der Waals surface area contributed by atoms with Crippen LogP contribution in [0, 0.1) is 17.8 Å². The van der Waals surface area contributed by atoms with Gasteiger partial charge in [-0.25, -0.2) is 0 Å². The number of rotatable bonds is 7. The number of carbonyl (C=O) groups is 1. The zero-order chi connectivity index (χ0) is 19.9. The minimum atomic E-state index is 0.0542.